The van der Waals surface area contributed by atoms with Crippen molar-refractivity contribution in [3.63, 3.8) is 0 Å². The number of carboxylic acid groups (broad SMARTS) is 1. The van der Waals surface area contributed by atoms with E-state index in [1.165, 1.54) is 0 Å². The van der Waals surface area contributed by atoms with Gasteiger partial charge in [-0.05, 0) is 49.1 Å². The number of nitrogens with one attached hydrogen (secondary N) is 1. The maximum absolute atomic E-state index is 12.1. The molecule has 1 atom stereocenters. The minimum Gasteiger partial charge on any atom is -0.480 e. The van der Waals surface area contributed by atoms with Gasteiger partial charge in [0.05, 0.1) is 0 Å². The number of aliphatic carboxylic acids is 1. The molecule has 0 aromatic heterocycles. The van der Waals surface area contributed by atoms with Crippen molar-refractivity contribution in [1.29, 1.82) is 0 Å². The van der Waals surface area contributed by atoms with Crippen molar-refractivity contribution < 1.29 is 14.7 Å². The fourth-order valence-electron chi connectivity index (χ4n) is 2.26. The summed E-state index contributed by atoms with van der Waals surface area (Å²) in [5.74, 6) is -1.44. The van der Waals surface area contributed by atoms with Crippen LogP contribution in [0.15, 0.2) is 54.6 Å². The SMILES string of the molecule is O=C(N[C@H](CCCc1ccccc1)C(=O)O)c1ccc(Cl)cc1. The van der Waals surface area contributed by atoms with Crippen LogP contribution in [0.2, 0.25) is 5.02 Å². The molecule has 0 aliphatic rings. The molecule has 1 amide bonds. The van der Waals surface area contributed by atoms with E-state index in [0.717, 1.165) is 12.0 Å². The summed E-state index contributed by atoms with van der Waals surface area (Å²) in [5.41, 5.74) is 1.55. The van der Waals surface area contributed by atoms with Crippen molar-refractivity contribution >= 4 is 23.5 Å². The first kappa shape index (κ1) is 17.0. The molecule has 2 rings (SSSR count). The minimum atomic E-state index is -1.03. The van der Waals surface area contributed by atoms with Crippen LogP contribution >= 0.6 is 11.6 Å². The molecule has 2 N–H and O–H groups in total. The Morgan fingerprint density at radius 1 is 1.04 bits per heavy atom. The number of benzene rings is 2. The highest BCUT2D eigenvalue weighted by molar-refractivity contribution is 6.30. The van der Waals surface area contributed by atoms with Crippen molar-refractivity contribution in [2.75, 3.05) is 0 Å². The summed E-state index contributed by atoms with van der Waals surface area (Å²) >= 11 is 5.77. The third-order valence-corrected chi connectivity index (χ3v) is 3.76. The summed E-state index contributed by atoms with van der Waals surface area (Å²) < 4.78 is 0. The van der Waals surface area contributed by atoms with Crippen molar-refractivity contribution in [3.05, 3.63) is 70.7 Å². The Balaban J connectivity index is 1.89. The van der Waals surface area contributed by atoms with Gasteiger partial charge in [-0.1, -0.05) is 41.9 Å². The van der Waals surface area contributed by atoms with Crippen LogP contribution in [0.25, 0.3) is 0 Å². The number of carbonyl (C=O) groups is 2. The van der Waals surface area contributed by atoms with E-state index >= 15 is 0 Å². The second-order valence-electron chi connectivity index (χ2n) is 5.25. The molecule has 120 valence electrons. The van der Waals surface area contributed by atoms with E-state index in [9.17, 15) is 14.7 Å². The molecule has 0 aliphatic heterocycles. The Morgan fingerprint density at radius 2 is 1.70 bits per heavy atom. The van der Waals surface area contributed by atoms with Gasteiger partial charge >= 0.3 is 5.97 Å². The monoisotopic (exact) mass is 331 g/mol. The van der Waals surface area contributed by atoms with Crippen LogP contribution in [0, 0.1) is 0 Å². The predicted octanol–water partition coefficient (Wildman–Crippen LogP) is 3.55. The van der Waals surface area contributed by atoms with E-state index in [1.807, 2.05) is 30.3 Å². The van der Waals surface area contributed by atoms with E-state index in [0.29, 0.717) is 23.4 Å². The van der Waals surface area contributed by atoms with Gasteiger partial charge in [0.2, 0.25) is 0 Å². The second kappa shape index (κ2) is 8.34. The highest BCUT2D eigenvalue weighted by atomic mass is 35.5. The largest absolute Gasteiger partial charge is 0.480 e. The average molecular weight is 332 g/mol. The van der Waals surface area contributed by atoms with Crippen LogP contribution in [0.5, 0.6) is 0 Å². The zero-order chi connectivity index (χ0) is 16.7. The molecule has 0 unspecified atom stereocenters. The number of hydrogen-bond acceptors (Lipinski definition) is 2. The van der Waals surface area contributed by atoms with Crippen LogP contribution < -0.4 is 5.32 Å². The summed E-state index contributed by atoms with van der Waals surface area (Å²) in [6.45, 7) is 0. The maximum Gasteiger partial charge on any atom is 0.326 e. The molecule has 2 aromatic carbocycles. The topological polar surface area (TPSA) is 66.4 Å². The zero-order valence-corrected chi connectivity index (χ0v) is 13.3. The van der Waals surface area contributed by atoms with Crippen molar-refractivity contribution in [1.82, 2.24) is 5.32 Å². The first-order valence-electron chi connectivity index (χ1n) is 7.39. The van der Waals surface area contributed by atoms with Gasteiger partial charge in [0.25, 0.3) is 5.91 Å². The summed E-state index contributed by atoms with van der Waals surface area (Å²) in [6.07, 6.45) is 1.84. The molecule has 5 heteroatoms. The van der Waals surface area contributed by atoms with Crippen molar-refractivity contribution in [3.8, 4) is 0 Å². The van der Waals surface area contributed by atoms with Gasteiger partial charge in [0, 0.05) is 10.6 Å². The van der Waals surface area contributed by atoms with Crippen LogP contribution in [0.4, 0.5) is 0 Å². The lowest BCUT2D eigenvalue weighted by molar-refractivity contribution is -0.139. The number of amides is 1. The van der Waals surface area contributed by atoms with Gasteiger partial charge in [-0.3, -0.25) is 4.79 Å². The van der Waals surface area contributed by atoms with Crippen LogP contribution in [-0.4, -0.2) is 23.0 Å². The van der Waals surface area contributed by atoms with Crippen LogP contribution in [0.3, 0.4) is 0 Å². The van der Waals surface area contributed by atoms with Gasteiger partial charge in [0.1, 0.15) is 6.04 Å². The second-order valence-corrected chi connectivity index (χ2v) is 5.69. The molecule has 2 aromatic rings. The summed E-state index contributed by atoms with van der Waals surface area (Å²) in [6, 6.07) is 15.3. The maximum atomic E-state index is 12.1. The molecule has 0 bridgehead atoms. The molecule has 0 saturated carbocycles. The fourth-order valence-corrected chi connectivity index (χ4v) is 2.38. The number of hydrogen-bond donors (Lipinski definition) is 2. The van der Waals surface area contributed by atoms with Gasteiger partial charge in [-0.15, -0.1) is 0 Å². The third-order valence-electron chi connectivity index (χ3n) is 3.51. The first-order chi connectivity index (χ1) is 11.1. The lowest BCUT2D eigenvalue weighted by atomic mass is 10.0. The Kier molecular flexibility index (Phi) is 6.18. The summed E-state index contributed by atoms with van der Waals surface area (Å²) in [7, 11) is 0. The van der Waals surface area contributed by atoms with Crippen LogP contribution in [-0.2, 0) is 11.2 Å². The Labute approximate surface area is 140 Å². The molecular weight excluding hydrogens is 314 g/mol. The molecule has 0 saturated heterocycles. The molecule has 0 aliphatic carbocycles. The smallest absolute Gasteiger partial charge is 0.326 e. The van der Waals surface area contributed by atoms with Gasteiger partial charge < -0.3 is 10.4 Å². The number of carbonyl (C=O) groups excluding carboxylic acids is 1. The number of rotatable bonds is 7. The predicted molar refractivity (Wildman–Crippen MR) is 89.7 cm³/mol. The summed E-state index contributed by atoms with van der Waals surface area (Å²) in [4.78, 5) is 23.4. The fraction of sp³-hybridized carbons (Fsp3) is 0.222. The van der Waals surface area contributed by atoms with E-state index in [-0.39, 0.29) is 0 Å². The number of aryl methyl sites for hydroxylation is 1. The average Bonchev–Trinajstić information content (AvgIpc) is 2.55. The molecule has 0 fully saturated rings. The van der Waals surface area contributed by atoms with Gasteiger partial charge in [0.15, 0.2) is 0 Å². The molecule has 0 spiro atoms. The molecule has 0 heterocycles. The lowest BCUT2D eigenvalue weighted by Gasteiger charge is -2.14. The Morgan fingerprint density at radius 3 is 2.30 bits per heavy atom. The number of halogens is 1. The minimum absolute atomic E-state index is 0.379. The van der Waals surface area contributed by atoms with Crippen molar-refractivity contribution in [2.45, 2.75) is 25.3 Å². The Hall–Kier alpha value is -2.33. The number of carboxylic acids is 1. The zero-order valence-electron chi connectivity index (χ0n) is 12.5. The molecule has 4 nitrogen and oxygen atoms in total. The quantitative estimate of drug-likeness (QED) is 0.815. The van der Waals surface area contributed by atoms with Crippen molar-refractivity contribution in [2.24, 2.45) is 0 Å². The van der Waals surface area contributed by atoms with Gasteiger partial charge in [-0.2, -0.15) is 0 Å². The highest BCUT2D eigenvalue weighted by Gasteiger charge is 2.20. The lowest BCUT2D eigenvalue weighted by Crippen LogP contribution is -2.40. The highest BCUT2D eigenvalue weighted by Crippen LogP contribution is 2.11. The van der Waals surface area contributed by atoms with Crippen LogP contribution in [0.1, 0.15) is 28.8 Å². The first-order valence-corrected chi connectivity index (χ1v) is 7.77. The standard InChI is InChI=1S/C18H18ClNO3/c19-15-11-9-14(10-12-15)17(21)20-16(18(22)23)8-4-7-13-5-2-1-3-6-13/h1-3,5-6,9-12,16H,4,7-8H2,(H,20,21)(H,22,23)/t16-/m1/s1. The van der Waals surface area contributed by atoms with E-state index < -0.39 is 17.9 Å². The molecule has 23 heavy (non-hydrogen) atoms. The molecule has 0 radical (unpaired) electrons. The molecular formula is C18H18ClNO3. The Bertz CT molecular complexity index is 656. The van der Waals surface area contributed by atoms with E-state index in [4.69, 9.17) is 11.6 Å². The normalized spacial score (nSPS) is 11.7. The van der Waals surface area contributed by atoms with E-state index in [2.05, 4.69) is 5.32 Å². The van der Waals surface area contributed by atoms with Gasteiger partial charge in [-0.25, -0.2) is 4.79 Å². The van der Waals surface area contributed by atoms with E-state index in [1.54, 1.807) is 24.3 Å². The third kappa shape index (κ3) is 5.42. The summed E-state index contributed by atoms with van der Waals surface area (Å²) in [5, 5.41) is 12.4.